The Bertz CT molecular complexity index is 522. The second-order valence-corrected chi connectivity index (χ2v) is 3.42. The Morgan fingerprint density at radius 3 is 2.94 bits per heavy atom. The lowest BCUT2D eigenvalue weighted by Crippen LogP contribution is -2.08. The Labute approximate surface area is 94.0 Å². The highest BCUT2D eigenvalue weighted by Gasteiger charge is 2.07. The van der Waals surface area contributed by atoms with E-state index in [2.05, 4.69) is 11.1 Å². The van der Waals surface area contributed by atoms with Gasteiger partial charge in [0.05, 0.1) is 17.6 Å². The van der Waals surface area contributed by atoms with Crippen LogP contribution >= 0.6 is 0 Å². The van der Waals surface area contributed by atoms with Crippen LogP contribution in [-0.4, -0.2) is 16.1 Å². The molecule has 0 radical (unpaired) electrons. The van der Waals surface area contributed by atoms with E-state index < -0.39 is 0 Å². The third kappa shape index (κ3) is 1.81. The van der Waals surface area contributed by atoms with Crippen LogP contribution in [0, 0.1) is 11.3 Å². The van der Waals surface area contributed by atoms with Crippen LogP contribution in [0.15, 0.2) is 36.8 Å². The molecule has 1 heterocycles. The van der Waals surface area contributed by atoms with E-state index in [9.17, 15) is 0 Å². The normalized spacial score (nSPS) is 10.0. The maximum absolute atomic E-state index is 9.03. The number of hydrogen-bond donors (Lipinski definition) is 1. The van der Waals surface area contributed by atoms with Crippen LogP contribution in [-0.2, 0) is 6.42 Å². The summed E-state index contributed by atoms with van der Waals surface area (Å²) >= 11 is 0. The molecular formula is C12H12N4. The largest absolute Gasteiger partial charge is 0.330 e. The highest BCUT2D eigenvalue weighted by atomic mass is 15.1. The minimum atomic E-state index is 0.570. The molecule has 2 N–H and O–H groups in total. The second-order valence-electron chi connectivity index (χ2n) is 3.42. The fraction of sp³-hybridized carbons (Fsp3) is 0.167. The number of aromatic nitrogens is 2. The first-order valence-electron chi connectivity index (χ1n) is 5.07. The van der Waals surface area contributed by atoms with E-state index in [0.29, 0.717) is 12.1 Å². The van der Waals surface area contributed by atoms with E-state index in [1.165, 1.54) is 0 Å². The fourth-order valence-electron chi connectivity index (χ4n) is 1.65. The zero-order chi connectivity index (χ0) is 11.4. The van der Waals surface area contributed by atoms with E-state index in [1.54, 1.807) is 18.6 Å². The Morgan fingerprint density at radius 2 is 2.19 bits per heavy atom. The van der Waals surface area contributed by atoms with Gasteiger partial charge in [0, 0.05) is 18.3 Å². The number of nitrogens with zero attached hydrogens (tertiary/aromatic N) is 3. The molecule has 0 saturated carbocycles. The molecule has 1 aromatic carbocycles. The first-order chi connectivity index (χ1) is 7.86. The lowest BCUT2D eigenvalue weighted by molar-refractivity contribution is 0.872. The summed E-state index contributed by atoms with van der Waals surface area (Å²) in [5.74, 6) is 0. The van der Waals surface area contributed by atoms with Crippen molar-refractivity contribution in [1.82, 2.24) is 9.55 Å². The SMILES string of the molecule is N#Cc1ccccc1-n1cncc1CCN. The Balaban J connectivity index is 2.51. The number of benzene rings is 1. The van der Waals surface area contributed by atoms with Gasteiger partial charge < -0.3 is 10.3 Å². The molecule has 0 aliphatic carbocycles. The number of imidazole rings is 1. The van der Waals surface area contributed by atoms with Gasteiger partial charge in [-0.25, -0.2) is 4.98 Å². The van der Waals surface area contributed by atoms with Crippen molar-refractivity contribution in [1.29, 1.82) is 5.26 Å². The maximum atomic E-state index is 9.03. The molecule has 0 spiro atoms. The van der Waals surface area contributed by atoms with E-state index in [-0.39, 0.29) is 0 Å². The van der Waals surface area contributed by atoms with Crippen molar-refractivity contribution in [2.24, 2.45) is 5.73 Å². The van der Waals surface area contributed by atoms with Gasteiger partial charge in [0.1, 0.15) is 6.07 Å². The summed E-state index contributed by atoms with van der Waals surface area (Å²) in [6.45, 7) is 0.570. The summed E-state index contributed by atoms with van der Waals surface area (Å²) in [7, 11) is 0. The predicted molar refractivity (Wildman–Crippen MR) is 61.0 cm³/mol. The number of para-hydroxylation sites is 1. The molecule has 0 atom stereocenters. The van der Waals surface area contributed by atoms with Crippen LogP contribution < -0.4 is 5.73 Å². The molecule has 0 saturated heterocycles. The lowest BCUT2D eigenvalue weighted by atomic mass is 10.2. The molecule has 16 heavy (non-hydrogen) atoms. The summed E-state index contributed by atoms with van der Waals surface area (Å²) in [5.41, 5.74) is 8.04. The zero-order valence-electron chi connectivity index (χ0n) is 8.80. The van der Waals surface area contributed by atoms with Crippen molar-refractivity contribution >= 4 is 0 Å². The number of nitriles is 1. The smallest absolute Gasteiger partial charge is 0.101 e. The van der Waals surface area contributed by atoms with Crippen molar-refractivity contribution in [3.05, 3.63) is 48.0 Å². The summed E-state index contributed by atoms with van der Waals surface area (Å²) in [5, 5.41) is 9.03. The molecule has 0 aliphatic heterocycles. The van der Waals surface area contributed by atoms with Gasteiger partial charge in [0.2, 0.25) is 0 Å². The van der Waals surface area contributed by atoms with Gasteiger partial charge in [-0.05, 0) is 18.7 Å². The molecule has 4 heteroatoms. The average Bonchev–Trinajstić information content (AvgIpc) is 2.77. The van der Waals surface area contributed by atoms with Crippen molar-refractivity contribution in [3.8, 4) is 11.8 Å². The summed E-state index contributed by atoms with van der Waals surface area (Å²) < 4.78 is 1.91. The van der Waals surface area contributed by atoms with Gasteiger partial charge in [-0.2, -0.15) is 5.26 Å². The Kier molecular flexibility index (Phi) is 2.99. The van der Waals surface area contributed by atoms with Gasteiger partial charge in [0.25, 0.3) is 0 Å². The summed E-state index contributed by atoms with van der Waals surface area (Å²) in [6, 6.07) is 9.62. The van der Waals surface area contributed by atoms with Crippen LogP contribution in [0.3, 0.4) is 0 Å². The van der Waals surface area contributed by atoms with Crippen LogP contribution in [0.25, 0.3) is 5.69 Å². The van der Waals surface area contributed by atoms with E-state index in [1.807, 2.05) is 22.8 Å². The maximum Gasteiger partial charge on any atom is 0.101 e. The molecule has 0 amide bonds. The third-order valence-corrected chi connectivity index (χ3v) is 2.40. The molecular weight excluding hydrogens is 200 g/mol. The second kappa shape index (κ2) is 4.60. The van der Waals surface area contributed by atoms with E-state index in [0.717, 1.165) is 17.8 Å². The van der Waals surface area contributed by atoms with E-state index >= 15 is 0 Å². The molecule has 0 unspecified atom stereocenters. The Morgan fingerprint density at radius 1 is 1.38 bits per heavy atom. The van der Waals surface area contributed by atoms with Crippen molar-refractivity contribution in [3.63, 3.8) is 0 Å². The predicted octanol–water partition coefficient (Wildman–Crippen LogP) is 1.25. The standard InChI is InChI=1S/C12H12N4/c13-6-5-11-8-15-9-16(11)12-4-2-1-3-10(12)7-14/h1-4,8-9H,5-6,13H2. The third-order valence-electron chi connectivity index (χ3n) is 2.40. The summed E-state index contributed by atoms with van der Waals surface area (Å²) in [6.07, 6.45) is 4.24. The molecule has 2 aromatic rings. The van der Waals surface area contributed by atoms with Gasteiger partial charge in [-0.15, -0.1) is 0 Å². The van der Waals surface area contributed by atoms with Gasteiger partial charge in [0.15, 0.2) is 0 Å². The molecule has 0 fully saturated rings. The Hall–Kier alpha value is -2.12. The first kappa shape index (κ1) is 10.4. The monoisotopic (exact) mass is 212 g/mol. The van der Waals surface area contributed by atoms with Crippen LogP contribution in [0.2, 0.25) is 0 Å². The highest BCUT2D eigenvalue weighted by Crippen LogP contribution is 2.15. The molecule has 0 aliphatic rings. The first-order valence-corrected chi connectivity index (χ1v) is 5.07. The topological polar surface area (TPSA) is 67.6 Å². The molecule has 80 valence electrons. The minimum Gasteiger partial charge on any atom is -0.330 e. The van der Waals surface area contributed by atoms with Crippen LogP contribution in [0.4, 0.5) is 0 Å². The van der Waals surface area contributed by atoms with Crippen LogP contribution in [0.1, 0.15) is 11.3 Å². The zero-order valence-corrected chi connectivity index (χ0v) is 8.80. The number of nitrogens with two attached hydrogens (primary N) is 1. The van der Waals surface area contributed by atoms with Crippen molar-refractivity contribution in [2.45, 2.75) is 6.42 Å². The molecule has 0 bridgehead atoms. The highest BCUT2D eigenvalue weighted by molar-refractivity contribution is 5.49. The number of rotatable bonds is 3. The molecule has 4 nitrogen and oxygen atoms in total. The quantitative estimate of drug-likeness (QED) is 0.832. The van der Waals surface area contributed by atoms with Crippen molar-refractivity contribution in [2.75, 3.05) is 6.54 Å². The van der Waals surface area contributed by atoms with Crippen molar-refractivity contribution < 1.29 is 0 Å². The van der Waals surface area contributed by atoms with Gasteiger partial charge >= 0.3 is 0 Å². The summed E-state index contributed by atoms with van der Waals surface area (Å²) in [4.78, 5) is 4.09. The number of hydrogen-bond acceptors (Lipinski definition) is 3. The van der Waals surface area contributed by atoms with Gasteiger partial charge in [-0.3, -0.25) is 0 Å². The lowest BCUT2D eigenvalue weighted by Gasteiger charge is -2.08. The van der Waals surface area contributed by atoms with Crippen LogP contribution in [0.5, 0.6) is 0 Å². The minimum absolute atomic E-state index is 0.570. The molecule has 1 aromatic heterocycles. The average molecular weight is 212 g/mol. The molecule has 2 rings (SSSR count). The van der Waals surface area contributed by atoms with E-state index in [4.69, 9.17) is 11.0 Å². The van der Waals surface area contributed by atoms with Gasteiger partial charge in [-0.1, -0.05) is 12.1 Å². The fourth-order valence-corrected chi connectivity index (χ4v) is 1.65.